The van der Waals surface area contributed by atoms with Crippen LogP contribution in [0.2, 0.25) is 0 Å². The molecule has 2 heterocycles. The molecule has 0 radical (unpaired) electrons. The molecule has 1 aliphatic heterocycles. The molecule has 6 nitrogen and oxygen atoms in total. The monoisotopic (exact) mass is 420 g/mol. The Balaban J connectivity index is 1.42. The number of ether oxygens (including phenoxy) is 2. The molecule has 0 unspecified atom stereocenters. The molecule has 0 amide bonds. The lowest BCUT2D eigenvalue weighted by atomic mass is 9.88. The van der Waals surface area contributed by atoms with Gasteiger partial charge in [0.2, 0.25) is 0 Å². The summed E-state index contributed by atoms with van der Waals surface area (Å²) in [4.78, 5) is 28.4. The summed E-state index contributed by atoms with van der Waals surface area (Å²) in [5.41, 5.74) is 3.41. The maximum absolute atomic E-state index is 13.1. The quantitative estimate of drug-likeness (QED) is 0.408. The first-order valence-corrected chi connectivity index (χ1v) is 10.7. The molecule has 2 aromatic carbocycles. The van der Waals surface area contributed by atoms with Gasteiger partial charge in [0.15, 0.2) is 5.78 Å². The molecular weight excluding hydrogens is 392 g/mol. The lowest BCUT2D eigenvalue weighted by molar-refractivity contribution is -0.120. The van der Waals surface area contributed by atoms with Crippen molar-refractivity contribution in [2.45, 2.75) is 31.2 Å². The number of hydrogen-bond acceptors (Lipinski definition) is 5. The molecule has 0 spiro atoms. The van der Waals surface area contributed by atoms with Crippen molar-refractivity contribution in [1.82, 2.24) is 10.3 Å². The van der Waals surface area contributed by atoms with Gasteiger partial charge in [-0.05, 0) is 42.3 Å². The zero-order valence-electron chi connectivity index (χ0n) is 17.7. The second-order valence-corrected chi connectivity index (χ2v) is 7.97. The van der Waals surface area contributed by atoms with Gasteiger partial charge in [0.1, 0.15) is 5.69 Å². The first-order chi connectivity index (χ1) is 15.2. The number of nitrogens with one attached hydrogen (secondary N) is 2. The number of aromatic amines is 1. The van der Waals surface area contributed by atoms with E-state index in [0.29, 0.717) is 31.7 Å². The molecule has 1 aromatic heterocycles. The largest absolute Gasteiger partial charge is 0.461 e. The van der Waals surface area contributed by atoms with Gasteiger partial charge < -0.3 is 19.8 Å². The lowest BCUT2D eigenvalue weighted by Gasteiger charge is -2.19. The summed E-state index contributed by atoms with van der Waals surface area (Å²) in [7, 11) is 1.62. The summed E-state index contributed by atoms with van der Waals surface area (Å²) in [6.07, 6.45) is 1.99. The zero-order chi connectivity index (χ0) is 21.6. The Morgan fingerprint density at radius 1 is 1.06 bits per heavy atom. The van der Waals surface area contributed by atoms with Crippen LogP contribution in [0.3, 0.4) is 0 Å². The maximum Gasteiger partial charge on any atom is 0.354 e. The Labute approximate surface area is 181 Å². The second kappa shape index (κ2) is 9.90. The number of methoxy groups -OCH3 is 1. The van der Waals surface area contributed by atoms with Gasteiger partial charge >= 0.3 is 5.97 Å². The third-order valence-electron chi connectivity index (χ3n) is 5.81. The molecule has 0 aliphatic carbocycles. The van der Waals surface area contributed by atoms with E-state index in [-0.39, 0.29) is 23.7 Å². The van der Waals surface area contributed by atoms with Crippen LogP contribution in [-0.2, 0) is 20.7 Å². The minimum Gasteiger partial charge on any atom is -0.461 e. The highest BCUT2D eigenvalue weighted by atomic mass is 16.5. The van der Waals surface area contributed by atoms with E-state index in [1.807, 2.05) is 36.4 Å². The van der Waals surface area contributed by atoms with E-state index < -0.39 is 0 Å². The fraction of sp³-hybridized carbons (Fsp3) is 0.360. The fourth-order valence-electron chi connectivity index (χ4n) is 4.26. The van der Waals surface area contributed by atoms with Gasteiger partial charge in [-0.2, -0.15) is 0 Å². The van der Waals surface area contributed by atoms with E-state index in [4.69, 9.17) is 9.47 Å². The number of carbonyl (C=O) groups is 2. The van der Waals surface area contributed by atoms with Crippen molar-refractivity contribution in [1.29, 1.82) is 0 Å². The van der Waals surface area contributed by atoms with Crippen LogP contribution in [-0.4, -0.2) is 49.6 Å². The molecule has 0 saturated carbocycles. The van der Waals surface area contributed by atoms with E-state index in [9.17, 15) is 9.59 Å². The van der Waals surface area contributed by atoms with E-state index in [0.717, 1.165) is 29.4 Å². The Hall–Kier alpha value is -2.96. The van der Waals surface area contributed by atoms with Crippen molar-refractivity contribution >= 4 is 22.7 Å². The van der Waals surface area contributed by atoms with Gasteiger partial charge in [-0.15, -0.1) is 0 Å². The maximum atomic E-state index is 13.1. The number of benzene rings is 2. The van der Waals surface area contributed by atoms with Gasteiger partial charge in [0.05, 0.1) is 12.6 Å². The number of fused-ring (bicyclic) bond motifs is 1. The van der Waals surface area contributed by atoms with Crippen LogP contribution in [0.5, 0.6) is 0 Å². The zero-order valence-corrected chi connectivity index (χ0v) is 17.7. The van der Waals surface area contributed by atoms with Gasteiger partial charge in [-0.3, -0.25) is 4.79 Å². The van der Waals surface area contributed by atoms with Crippen LogP contribution in [0.1, 0.15) is 40.4 Å². The molecular formula is C25H28N2O4. The van der Waals surface area contributed by atoms with Crippen LogP contribution in [0.25, 0.3) is 10.9 Å². The number of Topliss-reactive ketones (excluding diaryl/α,β-unsaturated/α-hetero) is 1. The highest BCUT2D eigenvalue weighted by Gasteiger charge is 2.33. The molecule has 2 atom stereocenters. The Kier molecular flexibility index (Phi) is 6.79. The highest BCUT2D eigenvalue weighted by molar-refractivity contribution is 5.95. The number of H-pyrrole nitrogens is 1. The number of hydrogen-bond donors (Lipinski definition) is 2. The van der Waals surface area contributed by atoms with Gasteiger partial charge in [-0.1, -0.05) is 36.4 Å². The predicted molar refractivity (Wildman–Crippen MR) is 119 cm³/mol. The van der Waals surface area contributed by atoms with Crippen molar-refractivity contribution < 1.29 is 19.1 Å². The number of esters is 1. The first kappa shape index (κ1) is 21.3. The topological polar surface area (TPSA) is 80.4 Å². The molecule has 31 heavy (non-hydrogen) atoms. The highest BCUT2D eigenvalue weighted by Crippen LogP contribution is 2.29. The SMILES string of the molecule is COCCCOC(=O)c1cc2cc(CC(=O)[C@H]3NCC[C@@H]3c3ccccc3)ccc2[nH]1. The Morgan fingerprint density at radius 2 is 1.90 bits per heavy atom. The van der Waals surface area contributed by atoms with Crippen molar-refractivity contribution in [2.75, 3.05) is 26.9 Å². The van der Waals surface area contributed by atoms with Crippen molar-refractivity contribution in [3.63, 3.8) is 0 Å². The molecule has 1 fully saturated rings. The number of ketones is 1. The number of rotatable bonds is 9. The summed E-state index contributed by atoms with van der Waals surface area (Å²) in [5, 5.41) is 4.28. The minimum atomic E-state index is -0.384. The first-order valence-electron chi connectivity index (χ1n) is 10.7. The summed E-state index contributed by atoms with van der Waals surface area (Å²) >= 11 is 0. The van der Waals surface area contributed by atoms with E-state index in [1.165, 1.54) is 5.56 Å². The number of carbonyl (C=O) groups excluding carboxylic acids is 2. The molecule has 3 aromatic rings. The Morgan fingerprint density at radius 3 is 2.71 bits per heavy atom. The third-order valence-corrected chi connectivity index (χ3v) is 5.81. The van der Waals surface area contributed by atoms with Gasteiger partial charge in [-0.25, -0.2) is 4.79 Å². The lowest BCUT2D eigenvalue weighted by Crippen LogP contribution is -2.35. The minimum absolute atomic E-state index is 0.165. The molecule has 1 aliphatic rings. The van der Waals surface area contributed by atoms with E-state index in [1.54, 1.807) is 13.2 Å². The molecule has 6 heteroatoms. The molecule has 1 saturated heterocycles. The standard InChI is InChI=1S/C25H28N2O4/c1-30-12-5-13-31-25(29)22-16-19-14-17(8-9-21(19)27-22)15-23(28)24-20(10-11-26-24)18-6-3-2-4-7-18/h2-4,6-9,14,16,20,24,26-27H,5,10-13,15H2,1H3/t20-,24+/m1/s1. The van der Waals surface area contributed by atoms with Crippen LogP contribution in [0.15, 0.2) is 54.6 Å². The van der Waals surface area contributed by atoms with Crippen LogP contribution in [0.4, 0.5) is 0 Å². The summed E-state index contributed by atoms with van der Waals surface area (Å²) in [6, 6.07) is 17.7. The summed E-state index contributed by atoms with van der Waals surface area (Å²) < 4.78 is 10.2. The smallest absolute Gasteiger partial charge is 0.354 e. The normalized spacial score (nSPS) is 18.4. The van der Waals surface area contributed by atoms with Gasteiger partial charge in [0.25, 0.3) is 0 Å². The van der Waals surface area contributed by atoms with Crippen molar-refractivity contribution in [3.8, 4) is 0 Å². The predicted octanol–water partition coefficient (Wildman–Crippen LogP) is 3.62. The third kappa shape index (κ3) is 5.03. The van der Waals surface area contributed by atoms with Crippen LogP contribution in [0, 0.1) is 0 Å². The van der Waals surface area contributed by atoms with Crippen LogP contribution >= 0.6 is 0 Å². The fourth-order valence-corrected chi connectivity index (χ4v) is 4.26. The summed E-state index contributed by atoms with van der Waals surface area (Å²) in [5.74, 6) is 0.0222. The molecule has 0 bridgehead atoms. The second-order valence-electron chi connectivity index (χ2n) is 7.97. The Bertz CT molecular complexity index is 1040. The molecule has 2 N–H and O–H groups in total. The average Bonchev–Trinajstić information content (AvgIpc) is 3.44. The average molecular weight is 421 g/mol. The van der Waals surface area contributed by atoms with E-state index >= 15 is 0 Å². The number of aromatic nitrogens is 1. The molecule has 4 rings (SSSR count). The van der Waals surface area contributed by atoms with Crippen molar-refractivity contribution in [3.05, 3.63) is 71.4 Å². The van der Waals surface area contributed by atoms with Gasteiger partial charge in [0, 0.05) is 43.4 Å². The molecule has 162 valence electrons. The van der Waals surface area contributed by atoms with E-state index in [2.05, 4.69) is 22.4 Å². The van der Waals surface area contributed by atoms with Crippen molar-refractivity contribution in [2.24, 2.45) is 0 Å². The van der Waals surface area contributed by atoms with Crippen LogP contribution < -0.4 is 5.32 Å². The summed E-state index contributed by atoms with van der Waals surface area (Å²) in [6.45, 7) is 1.72.